The highest BCUT2D eigenvalue weighted by atomic mass is 16.6. The molecule has 6 heteroatoms. The van der Waals surface area contributed by atoms with Crippen molar-refractivity contribution in [3.63, 3.8) is 0 Å². The van der Waals surface area contributed by atoms with E-state index in [9.17, 15) is 9.59 Å². The Bertz CT molecular complexity index is 576. The van der Waals surface area contributed by atoms with E-state index in [1.54, 1.807) is 0 Å². The highest BCUT2D eigenvalue weighted by Gasteiger charge is 2.50. The van der Waals surface area contributed by atoms with Crippen molar-refractivity contribution < 1.29 is 19.1 Å². The van der Waals surface area contributed by atoms with Gasteiger partial charge in [0.2, 0.25) is 0 Å². The van der Waals surface area contributed by atoms with Crippen LogP contribution in [0.3, 0.4) is 0 Å². The van der Waals surface area contributed by atoms with Crippen molar-refractivity contribution >= 4 is 12.1 Å². The summed E-state index contributed by atoms with van der Waals surface area (Å²) in [5, 5.41) is 0. The average Bonchev–Trinajstić information content (AvgIpc) is 2.86. The zero-order valence-electron chi connectivity index (χ0n) is 19.1. The quantitative estimate of drug-likeness (QED) is 0.669. The number of ether oxygens (including phenoxy) is 2. The van der Waals surface area contributed by atoms with Crippen molar-refractivity contribution in [3.8, 4) is 0 Å². The molecule has 0 unspecified atom stereocenters. The standard InChI is InChI=1S/C22H40N2O4/c1-16(2)17(18(25)27-20(3,4)5)24-14-10-12-22(24)11-9-13-23(15-22)19(26)28-21(6,7)8/h16-17H,9-15H2,1-8H3/t17-,22-/m0/s1. The number of rotatable bonds is 3. The SMILES string of the molecule is CC(C)[C@@H](C(=O)OC(C)(C)C)N1CCC[C@]12CCCN(C(=O)OC(C)(C)C)C2. The monoisotopic (exact) mass is 396 g/mol. The molecule has 2 heterocycles. The third kappa shape index (κ3) is 5.62. The second-order valence-corrected chi connectivity index (χ2v) is 10.7. The molecule has 6 nitrogen and oxygen atoms in total. The smallest absolute Gasteiger partial charge is 0.410 e. The first-order valence-electron chi connectivity index (χ1n) is 10.7. The predicted octanol–water partition coefficient (Wildman–Crippen LogP) is 4.22. The van der Waals surface area contributed by atoms with Crippen molar-refractivity contribution in [1.29, 1.82) is 0 Å². The van der Waals surface area contributed by atoms with E-state index in [1.165, 1.54) is 0 Å². The lowest BCUT2D eigenvalue weighted by Gasteiger charge is -2.49. The van der Waals surface area contributed by atoms with Crippen LogP contribution < -0.4 is 0 Å². The van der Waals surface area contributed by atoms with E-state index in [1.807, 2.05) is 46.4 Å². The summed E-state index contributed by atoms with van der Waals surface area (Å²) in [6.45, 7) is 17.8. The van der Waals surface area contributed by atoms with E-state index in [0.717, 1.165) is 32.2 Å². The van der Waals surface area contributed by atoms with Crippen molar-refractivity contribution in [1.82, 2.24) is 9.80 Å². The zero-order chi connectivity index (χ0) is 21.3. The second-order valence-electron chi connectivity index (χ2n) is 10.7. The normalized spacial score (nSPS) is 25.2. The van der Waals surface area contributed by atoms with Gasteiger partial charge < -0.3 is 14.4 Å². The largest absolute Gasteiger partial charge is 0.459 e. The fourth-order valence-corrected chi connectivity index (χ4v) is 4.55. The van der Waals surface area contributed by atoms with Crippen molar-refractivity contribution in [2.75, 3.05) is 19.6 Å². The molecule has 0 aromatic carbocycles. The number of likely N-dealkylation sites (tertiary alicyclic amines) is 2. The molecular formula is C22H40N2O4. The van der Waals surface area contributed by atoms with Gasteiger partial charge in [0.1, 0.15) is 17.2 Å². The van der Waals surface area contributed by atoms with Gasteiger partial charge in [-0.3, -0.25) is 9.69 Å². The number of carbonyl (C=O) groups is 2. The maximum Gasteiger partial charge on any atom is 0.410 e. The predicted molar refractivity (Wildman–Crippen MR) is 110 cm³/mol. The third-order valence-electron chi connectivity index (χ3n) is 5.47. The number of carbonyl (C=O) groups excluding carboxylic acids is 2. The highest BCUT2D eigenvalue weighted by Crippen LogP contribution is 2.40. The first kappa shape index (κ1) is 23.0. The Hall–Kier alpha value is -1.30. The molecule has 0 saturated carbocycles. The van der Waals surface area contributed by atoms with Crippen LogP contribution in [0.5, 0.6) is 0 Å². The first-order chi connectivity index (χ1) is 12.7. The summed E-state index contributed by atoms with van der Waals surface area (Å²) in [5.74, 6) is -0.0140. The van der Waals surface area contributed by atoms with E-state index in [2.05, 4.69) is 18.7 Å². The van der Waals surface area contributed by atoms with Gasteiger partial charge in [-0.1, -0.05) is 13.8 Å². The molecule has 0 aliphatic carbocycles. The van der Waals surface area contributed by atoms with Gasteiger partial charge in [-0.15, -0.1) is 0 Å². The number of esters is 1. The van der Waals surface area contributed by atoms with Gasteiger partial charge in [0.05, 0.1) is 0 Å². The highest BCUT2D eigenvalue weighted by molar-refractivity contribution is 5.77. The molecule has 1 spiro atoms. The minimum atomic E-state index is -0.508. The number of hydrogen-bond acceptors (Lipinski definition) is 5. The molecule has 2 aliphatic heterocycles. The van der Waals surface area contributed by atoms with Crippen LogP contribution in [0.4, 0.5) is 4.79 Å². The molecule has 2 atom stereocenters. The van der Waals surface area contributed by atoms with Crippen molar-refractivity contribution in [2.45, 2.75) is 104 Å². The Kier molecular flexibility index (Phi) is 6.74. The number of nitrogens with zero attached hydrogens (tertiary/aromatic N) is 2. The lowest BCUT2D eigenvalue weighted by atomic mass is 9.84. The van der Waals surface area contributed by atoms with Crippen molar-refractivity contribution in [3.05, 3.63) is 0 Å². The van der Waals surface area contributed by atoms with Crippen LogP contribution in [0.15, 0.2) is 0 Å². The average molecular weight is 397 g/mol. The summed E-state index contributed by atoms with van der Waals surface area (Å²) in [6, 6.07) is -0.291. The zero-order valence-corrected chi connectivity index (χ0v) is 19.1. The summed E-state index contributed by atoms with van der Waals surface area (Å²) in [6.07, 6.45) is 3.71. The Morgan fingerprint density at radius 3 is 1.93 bits per heavy atom. The van der Waals surface area contributed by atoms with Crippen LogP contribution in [-0.2, 0) is 14.3 Å². The third-order valence-corrected chi connectivity index (χ3v) is 5.47. The molecule has 2 saturated heterocycles. The first-order valence-corrected chi connectivity index (χ1v) is 10.7. The second kappa shape index (κ2) is 8.21. The summed E-state index contributed by atoms with van der Waals surface area (Å²) in [5.41, 5.74) is -1.18. The number of piperidine rings is 1. The van der Waals surface area contributed by atoms with Gasteiger partial charge in [0.15, 0.2) is 0 Å². The van der Waals surface area contributed by atoms with Gasteiger partial charge in [0.25, 0.3) is 0 Å². The van der Waals surface area contributed by atoms with Gasteiger partial charge in [-0.2, -0.15) is 0 Å². The minimum Gasteiger partial charge on any atom is -0.459 e. The van der Waals surface area contributed by atoms with E-state index in [-0.39, 0.29) is 29.6 Å². The lowest BCUT2D eigenvalue weighted by Crippen LogP contribution is -2.62. The van der Waals surface area contributed by atoms with E-state index in [0.29, 0.717) is 13.1 Å². The number of hydrogen-bond donors (Lipinski definition) is 0. The molecule has 0 aromatic rings. The number of amides is 1. The van der Waals surface area contributed by atoms with Crippen LogP contribution in [0, 0.1) is 5.92 Å². The molecule has 0 N–H and O–H groups in total. The van der Waals surface area contributed by atoms with Crippen LogP contribution in [0.2, 0.25) is 0 Å². The molecule has 0 radical (unpaired) electrons. The summed E-state index contributed by atoms with van der Waals surface area (Å²) in [7, 11) is 0. The van der Waals surface area contributed by atoms with Gasteiger partial charge >= 0.3 is 12.1 Å². The Morgan fingerprint density at radius 2 is 1.43 bits per heavy atom. The van der Waals surface area contributed by atoms with Crippen LogP contribution in [0.25, 0.3) is 0 Å². The molecular weight excluding hydrogens is 356 g/mol. The molecule has 0 bridgehead atoms. The maximum atomic E-state index is 13.0. The molecule has 1 amide bonds. The lowest BCUT2D eigenvalue weighted by molar-refractivity contribution is -0.166. The van der Waals surface area contributed by atoms with Crippen molar-refractivity contribution in [2.24, 2.45) is 5.92 Å². The topological polar surface area (TPSA) is 59.1 Å². The van der Waals surface area contributed by atoms with Crippen LogP contribution in [0.1, 0.15) is 81.1 Å². The van der Waals surface area contributed by atoms with Gasteiger partial charge in [0, 0.05) is 18.6 Å². The Morgan fingerprint density at radius 1 is 0.893 bits per heavy atom. The van der Waals surface area contributed by atoms with Gasteiger partial charge in [-0.05, 0) is 79.7 Å². The van der Waals surface area contributed by atoms with Crippen LogP contribution in [-0.4, -0.2) is 64.3 Å². The Balaban J connectivity index is 2.22. The minimum absolute atomic E-state index is 0.140. The summed E-state index contributed by atoms with van der Waals surface area (Å²) in [4.78, 5) is 29.9. The fraction of sp³-hybridized carbons (Fsp3) is 0.909. The van der Waals surface area contributed by atoms with Gasteiger partial charge in [-0.25, -0.2) is 4.79 Å². The molecule has 28 heavy (non-hydrogen) atoms. The fourth-order valence-electron chi connectivity index (χ4n) is 4.55. The summed E-state index contributed by atoms with van der Waals surface area (Å²) < 4.78 is 11.4. The molecule has 2 fully saturated rings. The summed E-state index contributed by atoms with van der Waals surface area (Å²) >= 11 is 0. The van der Waals surface area contributed by atoms with E-state index >= 15 is 0 Å². The molecule has 2 aliphatic rings. The van der Waals surface area contributed by atoms with E-state index in [4.69, 9.17) is 9.47 Å². The molecule has 162 valence electrons. The molecule has 2 rings (SSSR count). The Labute approximate surface area is 170 Å². The van der Waals surface area contributed by atoms with E-state index < -0.39 is 11.2 Å². The molecule has 0 aromatic heterocycles. The van der Waals surface area contributed by atoms with Crippen LogP contribution >= 0.6 is 0 Å². The maximum absolute atomic E-state index is 13.0.